The van der Waals surface area contributed by atoms with Crippen molar-refractivity contribution in [3.05, 3.63) is 40.7 Å². The van der Waals surface area contributed by atoms with Gasteiger partial charge in [-0.05, 0) is 18.6 Å². The van der Waals surface area contributed by atoms with Crippen LogP contribution in [-0.4, -0.2) is 42.5 Å². The quantitative estimate of drug-likeness (QED) is 0.816. The summed E-state index contributed by atoms with van der Waals surface area (Å²) in [4.78, 5) is 18.6. The lowest BCUT2D eigenvalue weighted by Crippen LogP contribution is -2.59. The Morgan fingerprint density at radius 1 is 1.62 bits per heavy atom. The zero-order valence-electron chi connectivity index (χ0n) is 11.3. The zero-order chi connectivity index (χ0) is 15.1. The molecule has 1 fully saturated rings. The van der Waals surface area contributed by atoms with E-state index < -0.39 is 12.1 Å². The van der Waals surface area contributed by atoms with Gasteiger partial charge in [-0.2, -0.15) is 0 Å². The van der Waals surface area contributed by atoms with E-state index >= 15 is 0 Å². The molecule has 0 aromatic carbocycles. The summed E-state index contributed by atoms with van der Waals surface area (Å²) in [6.07, 6.45) is 3.36. The minimum absolute atomic E-state index is 0.102. The molecule has 0 spiro atoms. The summed E-state index contributed by atoms with van der Waals surface area (Å²) in [6.45, 7) is 1.69. The number of aliphatic hydroxyl groups is 1. The molecule has 0 bridgehead atoms. The number of pyridine rings is 1. The van der Waals surface area contributed by atoms with Crippen molar-refractivity contribution in [3.8, 4) is 0 Å². The molecule has 1 aromatic rings. The first-order chi connectivity index (χ1) is 10.0. The number of carboxylic acids is 1. The van der Waals surface area contributed by atoms with Crippen LogP contribution in [0.25, 0.3) is 0 Å². The molecule has 0 aliphatic carbocycles. The van der Waals surface area contributed by atoms with Crippen LogP contribution in [0.4, 0.5) is 0 Å². The van der Waals surface area contributed by atoms with Gasteiger partial charge >= 0.3 is 5.97 Å². The molecule has 0 radical (unpaired) electrons. The van der Waals surface area contributed by atoms with E-state index in [9.17, 15) is 15.0 Å². The summed E-state index contributed by atoms with van der Waals surface area (Å²) < 4.78 is 0. The molecule has 110 valence electrons. The number of hydrogen-bond donors (Lipinski definition) is 2. The number of rotatable bonds is 4. The molecule has 3 heterocycles. The Balaban J connectivity index is 1.89. The Kier molecular flexibility index (Phi) is 3.73. The van der Waals surface area contributed by atoms with Gasteiger partial charge in [0.25, 0.3) is 0 Å². The van der Waals surface area contributed by atoms with E-state index in [0.29, 0.717) is 11.4 Å². The minimum Gasteiger partial charge on any atom is -0.477 e. The second-order valence-electron chi connectivity index (χ2n) is 5.10. The third kappa shape index (κ3) is 2.35. The molecule has 3 rings (SSSR count). The lowest BCUT2D eigenvalue weighted by atomic mass is 9.93. The van der Waals surface area contributed by atoms with Crippen LogP contribution in [0.2, 0.25) is 0 Å². The van der Waals surface area contributed by atoms with Crippen LogP contribution >= 0.6 is 24.0 Å². The summed E-state index contributed by atoms with van der Waals surface area (Å²) in [5.74, 6) is -1.14. The van der Waals surface area contributed by atoms with E-state index in [1.165, 1.54) is 11.8 Å². The maximum atomic E-state index is 11.6. The van der Waals surface area contributed by atoms with Gasteiger partial charge in [0, 0.05) is 23.7 Å². The molecule has 1 aromatic heterocycles. The van der Waals surface area contributed by atoms with Crippen molar-refractivity contribution >= 4 is 34.9 Å². The first kappa shape index (κ1) is 14.5. The highest BCUT2D eigenvalue weighted by atomic mass is 32.2. The van der Waals surface area contributed by atoms with Crippen molar-refractivity contribution in [2.45, 2.75) is 24.8 Å². The summed E-state index contributed by atoms with van der Waals surface area (Å²) in [5, 5.41) is 19.2. The van der Waals surface area contributed by atoms with E-state index in [-0.39, 0.29) is 17.0 Å². The number of thioether (sulfide) groups is 1. The Labute approximate surface area is 131 Å². The van der Waals surface area contributed by atoms with Gasteiger partial charge in [0.1, 0.15) is 5.70 Å². The number of thiocarbonyl (C=S) groups is 1. The molecule has 5 nitrogen and oxygen atoms in total. The van der Waals surface area contributed by atoms with Crippen molar-refractivity contribution in [1.82, 2.24) is 9.88 Å². The van der Waals surface area contributed by atoms with Crippen LogP contribution in [0.15, 0.2) is 35.1 Å². The second-order valence-corrected chi connectivity index (χ2v) is 6.73. The van der Waals surface area contributed by atoms with Crippen molar-refractivity contribution in [2.75, 3.05) is 0 Å². The first-order valence-corrected chi connectivity index (χ1v) is 7.82. The molecule has 7 heteroatoms. The first-order valence-electron chi connectivity index (χ1n) is 6.54. The Morgan fingerprint density at radius 2 is 2.38 bits per heavy atom. The van der Waals surface area contributed by atoms with E-state index in [0.717, 1.165) is 10.5 Å². The van der Waals surface area contributed by atoms with Crippen LogP contribution in [0.5, 0.6) is 0 Å². The minimum atomic E-state index is -0.977. The Bertz CT molecular complexity index is 630. The molecule has 0 amide bonds. The standard InChI is InChI=1S/C14H14N2O3S2/c1-7(17)10-12(20)16-11(14(18)19)9(21-13(10)16)5-8-3-2-4-15-6-8/h2-4,6-7,10,13,17H,5H2,1H3,(H,18,19)/t7?,10-,13-/m1/s1. The molecule has 0 saturated carbocycles. The predicted molar refractivity (Wildman–Crippen MR) is 83.6 cm³/mol. The summed E-state index contributed by atoms with van der Waals surface area (Å²) >= 11 is 6.76. The lowest BCUT2D eigenvalue weighted by Gasteiger charge is -2.46. The van der Waals surface area contributed by atoms with Crippen molar-refractivity contribution < 1.29 is 15.0 Å². The van der Waals surface area contributed by atoms with Crippen molar-refractivity contribution in [2.24, 2.45) is 5.92 Å². The molecule has 2 aliphatic rings. The molecular weight excluding hydrogens is 308 g/mol. The Hall–Kier alpha value is -1.44. The SMILES string of the molecule is CC(O)[C@@H]1C(=S)N2C(C(=O)O)=C(Cc3cccnc3)S[C@H]12. The van der Waals surface area contributed by atoms with E-state index in [4.69, 9.17) is 12.2 Å². The summed E-state index contributed by atoms with van der Waals surface area (Å²) in [7, 11) is 0. The smallest absolute Gasteiger partial charge is 0.353 e. The number of carboxylic acid groups (broad SMARTS) is 1. The third-order valence-corrected chi connectivity index (χ3v) is 5.50. The van der Waals surface area contributed by atoms with Gasteiger partial charge in [0.05, 0.1) is 22.4 Å². The van der Waals surface area contributed by atoms with Gasteiger partial charge in [0.15, 0.2) is 0 Å². The number of hydrogen-bond acceptors (Lipinski definition) is 5. The van der Waals surface area contributed by atoms with E-state index in [1.807, 2.05) is 12.1 Å². The average molecular weight is 322 g/mol. The summed E-state index contributed by atoms with van der Waals surface area (Å²) in [5.41, 5.74) is 1.21. The number of aromatic nitrogens is 1. The molecular formula is C14H14N2O3S2. The topological polar surface area (TPSA) is 73.7 Å². The monoisotopic (exact) mass is 322 g/mol. The fraction of sp³-hybridized carbons (Fsp3) is 0.357. The number of fused-ring (bicyclic) bond motifs is 1. The van der Waals surface area contributed by atoms with Gasteiger partial charge in [-0.15, -0.1) is 11.8 Å². The van der Waals surface area contributed by atoms with Gasteiger partial charge in [-0.25, -0.2) is 4.79 Å². The van der Waals surface area contributed by atoms with Crippen LogP contribution in [-0.2, 0) is 11.2 Å². The summed E-state index contributed by atoms with van der Waals surface area (Å²) in [6, 6.07) is 3.74. The average Bonchev–Trinajstić information content (AvgIpc) is 2.74. The van der Waals surface area contributed by atoms with Gasteiger partial charge < -0.3 is 15.1 Å². The van der Waals surface area contributed by atoms with Gasteiger partial charge in [-0.3, -0.25) is 4.98 Å². The van der Waals surface area contributed by atoms with Gasteiger partial charge in [-0.1, -0.05) is 18.3 Å². The molecule has 2 aliphatic heterocycles. The third-order valence-electron chi connectivity index (χ3n) is 3.66. The predicted octanol–water partition coefficient (Wildman–Crippen LogP) is 1.63. The largest absolute Gasteiger partial charge is 0.477 e. The van der Waals surface area contributed by atoms with E-state index in [1.54, 1.807) is 24.2 Å². The number of nitrogens with zero attached hydrogens (tertiary/aromatic N) is 2. The number of carbonyl (C=O) groups is 1. The molecule has 2 N–H and O–H groups in total. The fourth-order valence-corrected chi connectivity index (χ4v) is 5.02. The van der Waals surface area contributed by atoms with Crippen LogP contribution in [0.1, 0.15) is 12.5 Å². The van der Waals surface area contributed by atoms with Crippen molar-refractivity contribution in [3.63, 3.8) is 0 Å². The van der Waals surface area contributed by atoms with Crippen LogP contribution in [0.3, 0.4) is 0 Å². The number of aliphatic hydroxyl groups excluding tert-OH is 1. The normalized spacial score (nSPS) is 25.6. The maximum absolute atomic E-state index is 11.6. The fourth-order valence-electron chi connectivity index (χ4n) is 2.67. The van der Waals surface area contributed by atoms with Crippen molar-refractivity contribution in [1.29, 1.82) is 0 Å². The van der Waals surface area contributed by atoms with Gasteiger partial charge in [0.2, 0.25) is 0 Å². The number of aliphatic carboxylic acids is 1. The van der Waals surface area contributed by atoms with Crippen LogP contribution < -0.4 is 0 Å². The highest BCUT2D eigenvalue weighted by Gasteiger charge is 2.54. The molecule has 3 atom stereocenters. The van der Waals surface area contributed by atoms with E-state index in [2.05, 4.69) is 4.98 Å². The Morgan fingerprint density at radius 3 is 2.95 bits per heavy atom. The molecule has 21 heavy (non-hydrogen) atoms. The second kappa shape index (κ2) is 5.40. The molecule has 1 unspecified atom stereocenters. The zero-order valence-corrected chi connectivity index (χ0v) is 12.9. The van der Waals surface area contributed by atoms with Crippen LogP contribution in [0, 0.1) is 5.92 Å². The highest BCUT2D eigenvalue weighted by Crippen LogP contribution is 2.51. The number of allylic oxidation sites excluding steroid dienone is 1. The maximum Gasteiger partial charge on any atom is 0.353 e. The highest BCUT2D eigenvalue weighted by molar-refractivity contribution is 8.04. The molecule has 1 saturated heterocycles. The lowest BCUT2D eigenvalue weighted by molar-refractivity contribution is -0.134.